The van der Waals surface area contributed by atoms with Crippen molar-refractivity contribution in [3.63, 3.8) is 0 Å². The van der Waals surface area contributed by atoms with Crippen LogP contribution in [0.4, 0.5) is 0 Å². The van der Waals surface area contributed by atoms with Gasteiger partial charge >= 0.3 is 0 Å². The summed E-state index contributed by atoms with van der Waals surface area (Å²) in [5, 5.41) is 6.10. The average molecular weight is 196 g/mol. The fourth-order valence-corrected chi connectivity index (χ4v) is 1.65. The molecule has 0 spiro atoms. The largest absolute Gasteiger partial charge is 0.353 e. The number of amides is 1. The van der Waals surface area contributed by atoms with E-state index in [4.69, 9.17) is 0 Å². The fourth-order valence-electron chi connectivity index (χ4n) is 1.65. The highest BCUT2D eigenvalue weighted by atomic mass is 16.1. The minimum absolute atomic E-state index is 0.195. The second kappa shape index (κ2) is 6.60. The molecule has 1 atom stereocenters. The second-order valence-electron chi connectivity index (χ2n) is 3.76. The Morgan fingerprint density at radius 3 is 3.00 bits per heavy atom. The van der Waals surface area contributed by atoms with E-state index in [1.165, 1.54) is 0 Å². The predicted molar refractivity (Wildman–Crippen MR) is 58.1 cm³/mol. The zero-order chi connectivity index (χ0) is 10.2. The molecule has 1 unspecified atom stereocenters. The van der Waals surface area contributed by atoms with E-state index in [1.54, 1.807) is 0 Å². The summed E-state index contributed by atoms with van der Waals surface area (Å²) < 4.78 is 0. The number of rotatable bonds is 5. The number of hydrogen-bond acceptors (Lipinski definition) is 2. The fraction of sp³-hybridized carbons (Fsp3) is 0.727. The molecule has 0 radical (unpaired) electrons. The van der Waals surface area contributed by atoms with Crippen molar-refractivity contribution in [3.8, 4) is 0 Å². The molecule has 0 saturated carbocycles. The lowest BCUT2D eigenvalue weighted by atomic mass is 10.0. The van der Waals surface area contributed by atoms with Gasteiger partial charge in [0, 0.05) is 12.5 Å². The number of nitrogens with one attached hydrogen (secondary N) is 2. The first-order valence-corrected chi connectivity index (χ1v) is 5.42. The average Bonchev–Trinajstić information content (AvgIpc) is 2.20. The van der Waals surface area contributed by atoms with Crippen molar-refractivity contribution in [2.24, 2.45) is 0 Å². The van der Waals surface area contributed by atoms with Crippen LogP contribution >= 0.6 is 0 Å². The first-order chi connectivity index (χ1) is 6.83. The quantitative estimate of drug-likeness (QED) is 0.512. The highest BCUT2D eigenvalue weighted by molar-refractivity contribution is 5.76. The lowest BCUT2D eigenvalue weighted by Crippen LogP contribution is -2.35. The van der Waals surface area contributed by atoms with Crippen molar-refractivity contribution in [1.29, 1.82) is 0 Å². The van der Waals surface area contributed by atoms with Crippen molar-refractivity contribution < 1.29 is 4.79 Å². The first-order valence-electron chi connectivity index (χ1n) is 5.42. The van der Waals surface area contributed by atoms with Crippen molar-refractivity contribution in [3.05, 3.63) is 12.2 Å². The van der Waals surface area contributed by atoms with E-state index >= 15 is 0 Å². The van der Waals surface area contributed by atoms with Crippen LogP contribution in [0.25, 0.3) is 0 Å². The Balaban J connectivity index is 2.10. The first kappa shape index (κ1) is 11.2. The lowest BCUT2D eigenvalue weighted by molar-refractivity contribution is -0.121. The summed E-state index contributed by atoms with van der Waals surface area (Å²) in [5.41, 5.74) is 0. The van der Waals surface area contributed by atoms with E-state index in [1.807, 2.05) is 7.05 Å². The van der Waals surface area contributed by atoms with Crippen molar-refractivity contribution in [2.45, 2.75) is 38.1 Å². The van der Waals surface area contributed by atoms with Gasteiger partial charge in [0.25, 0.3) is 0 Å². The van der Waals surface area contributed by atoms with Crippen LogP contribution in [0.2, 0.25) is 0 Å². The van der Waals surface area contributed by atoms with Crippen molar-refractivity contribution in [1.82, 2.24) is 10.6 Å². The molecule has 0 aromatic heterocycles. The van der Waals surface area contributed by atoms with Gasteiger partial charge in [-0.25, -0.2) is 0 Å². The molecule has 1 amide bonds. The molecular weight excluding hydrogens is 176 g/mol. The third-order valence-electron chi connectivity index (χ3n) is 2.46. The Morgan fingerprint density at radius 2 is 2.36 bits per heavy atom. The summed E-state index contributed by atoms with van der Waals surface area (Å²) in [4.78, 5) is 11.4. The summed E-state index contributed by atoms with van der Waals surface area (Å²) in [6, 6.07) is 0.377. The third-order valence-corrected chi connectivity index (χ3v) is 2.46. The Bertz CT molecular complexity index is 201. The Hall–Kier alpha value is -0.830. The molecule has 2 N–H and O–H groups in total. The molecule has 3 heteroatoms. The molecule has 1 aliphatic rings. The van der Waals surface area contributed by atoms with Crippen LogP contribution < -0.4 is 10.6 Å². The third kappa shape index (κ3) is 4.42. The van der Waals surface area contributed by atoms with E-state index in [9.17, 15) is 4.79 Å². The van der Waals surface area contributed by atoms with Gasteiger partial charge in [-0.1, -0.05) is 12.2 Å². The molecule has 1 aliphatic carbocycles. The molecule has 1 rings (SSSR count). The van der Waals surface area contributed by atoms with E-state index in [2.05, 4.69) is 22.8 Å². The molecule has 3 nitrogen and oxygen atoms in total. The van der Waals surface area contributed by atoms with Crippen LogP contribution in [0.3, 0.4) is 0 Å². The van der Waals surface area contributed by atoms with Gasteiger partial charge in [-0.15, -0.1) is 0 Å². The van der Waals surface area contributed by atoms with Crippen LogP contribution in [0, 0.1) is 0 Å². The summed E-state index contributed by atoms with van der Waals surface area (Å²) >= 11 is 0. The zero-order valence-corrected chi connectivity index (χ0v) is 8.88. The smallest absolute Gasteiger partial charge is 0.220 e. The maximum Gasteiger partial charge on any atom is 0.220 e. The lowest BCUT2D eigenvalue weighted by Gasteiger charge is -2.19. The van der Waals surface area contributed by atoms with Crippen LogP contribution in [-0.4, -0.2) is 25.5 Å². The molecule has 80 valence electrons. The van der Waals surface area contributed by atoms with Crippen LogP contribution in [0.15, 0.2) is 12.2 Å². The molecule has 14 heavy (non-hydrogen) atoms. The zero-order valence-electron chi connectivity index (χ0n) is 8.88. The van der Waals surface area contributed by atoms with Gasteiger partial charge in [-0.2, -0.15) is 0 Å². The second-order valence-corrected chi connectivity index (χ2v) is 3.76. The van der Waals surface area contributed by atoms with Gasteiger partial charge in [0.15, 0.2) is 0 Å². The van der Waals surface area contributed by atoms with E-state index in [-0.39, 0.29) is 5.91 Å². The highest BCUT2D eigenvalue weighted by Crippen LogP contribution is 2.10. The highest BCUT2D eigenvalue weighted by Gasteiger charge is 2.11. The van der Waals surface area contributed by atoms with Gasteiger partial charge in [0.05, 0.1) is 0 Å². The maximum absolute atomic E-state index is 11.4. The summed E-state index contributed by atoms with van der Waals surface area (Å²) in [5.74, 6) is 0.195. The van der Waals surface area contributed by atoms with Gasteiger partial charge in [0.2, 0.25) is 5.91 Å². The molecular formula is C11H20N2O. The minimum atomic E-state index is 0.195. The Morgan fingerprint density at radius 1 is 1.50 bits per heavy atom. The summed E-state index contributed by atoms with van der Waals surface area (Å²) in [7, 11) is 1.91. The molecule has 0 fully saturated rings. The monoisotopic (exact) mass is 196 g/mol. The number of allylic oxidation sites excluding steroid dienone is 1. The van der Waals surface area contributed by atoms with Crippen molar-refractivity contribution >= 4 is 5.91 Å². The molecule has 0 heterocycles. The van der Waals surface area contributed by atoms with Crippen molar-refractivity contribution in [2.75, 3.05) is 13.6 Å². The van der Waals surface area contributed by atoms with Crippen LogP contribution in [-0.2, 0) is 4.79 Å². The van der Waals surface area contributed by atoms with Crippen LogP contribution in [0.1, 0.15) is 32.1 Å². The number of carbonyl (C=O) groups is 1. The van der Waals surface area contributed by atoms with Gasteiger partial charge in [-0.05, 0) is 39.3 Å². The number of carbonyl (C=O) groups excluding carboxylic acids is 1. The molecule has 0 aromatic carbocycles. The molecule has 0 saturated heterocycles. The van der Waals surface area contributed by atoms with Crippen LogP contribution in [0.5, 0.6) is 0 Å². The standard InChI is InChI=1S/C11H20N2O/c1-12-9-5-8-11(14)13-10-6-3-2-4-7-10/h2-3,10,12H,4-9H2,1H3,(H,13,14). The Labute approximate surface area is 86.0 Å². The van der Waals surface area contributed by atoms with E-state index in [0.29, 0.717) is 12.5 Å². The van der Waals surface area contributed by atoms with Gasteiger partial charge in [0.1, 0.15) is 0 Å². The topological polar surface area (TPSA) is 41.1 Å². The molecule has 0 aliphatic heterocycles. The van der Waals surface area contributed by atoms with Gasteiger partial charge in [-0.3, -0.25) is 4.79 Å². The van der Waals surface area contributed by atoms with Gasteiger partial charge < -0.3 is 10.6 Å². The Kier molecular flexibility index (Phi) is 5.30. The number of hydrogen-bond donors (Lipinski definition) is 2. The predicted octanol–water partition coefficient (Wildman–Crippen LogP) is 1.21. The van der Waals surface area contributed by atoms with E-state index < -0.39 is 0 Å². The summed E-state index contributed by atoms with van der Waals surface area (Å²) in [6.45, 7) is 0.915. The van der Waals surface area contributed by atoms with E-state index in [0.717, 1.165) is 32.2 Å². The maximum atomic E-state index is 11.4. The molecule has 0 aromatic rings. The summed E-state index contributed by atoms with van der Waals surface area (Å²) in [6.07, 6.45) is 9.09. The normalized spacial score (nSPS) is 20.8. The SMILES string of the molecule is CNCCCC(=O)NC1CC=CCC1. The molecule has 0 bridgehead atoms. The minimum Gasteiger partial charge on any atom is -0.353 e.